The van der Waals surface area contributed by atoms with Crippen molar-refractivity contribution in [3.05, 3.63) is 83.2 Å². The summed E-state index contributed by atoms with van der Waals surface area (Å²) in [6.45, 7) is 5.61. The van der Waals surface area contributed by atoms with Crippen molar-refractivity contribution in [3.63, 3.8) is 0 Å². The molecular formula is C29H28ClF3N4O4S. The Kier molecular flexibility index (Phi) is 7.61. The summed E-state index contributed by atoms with van der Waals surface area (Å²) in [4.78, 5) is 25.3. The van der Waals surface area contributed by atoms with Crippen LogP contribution in [0.1, 0.15) is 55.2 Å². The zero-order valence-electron chi connectivity index (χ0n) is 23.0. The van der Waals surface area contributed by atoms with Crippen LogP contribution in [0.3, 0.4) is 0 Å². The molecule has 2 aliphatic rings. The van der Waals surface area contributed by atoms with E-state index in [-0.39, 0.29) is 38.5 Å². The number of thiazole rings is 1. The molecule has 222 valence electrons. The maximum atomic E-state index is 14.0. The van der Waals surface area contributed by atoms with Gasteiger partial charge in [-0.3, -0.25) is 13.8 Å². The number of hydrogen-bond acceptors (Lipinski definition) is 7. The van der Waals surface area contributed by atoms with Crippen molar-refractivity contribution < 1.29 is 32.7 Å². The number of amides is 1. The lowest BCUT2D eigenvalue weighted by Crippen LogP contribution is -2.70. The van der Waals surface area contributed by atoms with Crippen molar-refractivity contribution in [3.8, 4) is 5.88 Å². The van der Waals surface area contributed by atoms with Gasteiger partial charge in [-0.15, -0.1) is 0 Å². The van der Waals surface area contributed by atoms with Gasteiger partial charge in [0.05, 0.1) is 40.6 Å². The SMILES string of the molecule is CC(C)(C)[N+]1(C(=O)[O-])CCC[C@H]1Cn1c(O)c(C(Cc2ccc(Cl)cc2C(F)(F)F)=c2ccc3c(c2)C=NN=3)sc1=O. The second-order valence-corrected chi connectivity index (χ2v) is 12.9. The highest BCUT2D eigenvalue weighted by molar-refractivity contribution is 7.10. The molecule has 0 saturated carbocycles. The number of likely N-dealkylation sites (tertiary alicyclic amines) is 1. The predicted molar refractivity (Wildman–Crippen MR) is 151 cm³/mol. The van der Waals surface area contributed by atoms with E-state index in [1.165, 1.54) is 18.3 Å². The predicted octanol–water partition coefficient (Wildman–Crippen LogP) is 3.82. The average molecular weight is 621 g/mol. The van der Waals surface area contributed by atoms with Crippen molar-refractivity contribution >= 4 is 40.8 Å². The minimum atomic E-state index is -4.70. The smallest absolute Gasteiger partial charge is 0.416 e. The number of quaternary nitrogens is 1. The molecule has 0 bridgehead atoms. The third kappa shape index (κ3) is 5.16. The van der Waals surface area contributed by atoms with Crippen LogP contribution in [-0.2, 0) is 19.1 Å². The van der Waals surface area contributed by atoms with Crippen molar-refractivity contribution in [1.29, 1.82) is 0 Å². The molecule has 2 aromatic carbocycles. The highest BCUT2D eigenvalue weighted by Crippen LogP contribution is 2.40. The first-order valence-corrected chi connectivity index (χ1v) is 14.4. The number of carbonyl (C=O) groups is 1. The van der Waals surface area contributed by atoms with Crippen LogP contribution in [0, 0.1) is 0 Å². The number of halogens is 4. The van der Waals surface area contributed by atoms with Crippen LogP contribution >= 0.6 is 22.9 Å². The van der Waals surface area contributed by atoms with Gasteiger partial charge in [-0.1, -0.05) is 35.1 Å². The molecule has 1 unspecified atom stereocenters. The molecule has 1 fully saturated rings. The summed E-state index contributed by atoms with van der Waals surface area (Å²) in [7, 11) is 0. The summed E-state index contributed by atoms with van der Waals surface area (Å²) in [6.07, 6.45) is -3.64. The Hall–Kier alpha value is -3.48. The first kappa shape index (κ1) is 30.0. The zero-order chi connectivity index (χ0) is 30.6. The quantitative estimate of drug-likeness (QED) is 0.438. The molecule has 5 rings (SSSR count). The molecule has 42 heavy (non-hydrogen) atoms. The Bertz CT molecular complexity index is 1790. The van der Waals surface area contributed by atoms with E-state index < -0.39 is 40.2 Å². The first-order chi connectivity index (χ1) is 19.6. The molecule has 0 spiro atoms. The molecule has 2 aliphatic heterocycles. The standard InChI is InChI=1S/C29H28ClF3N4O4S/c1-28(2,3)37(27(40)41)10-4-5-20(37)15-36-25(38)24(42-26(36)39)21(16-7-9-23-18(11-16)14-34-35-23)12-17-6-8-19(30)13-22(17)29(31,32)33/h6-9,11,13-14,20H,4-5,10,12,15H2,1-3H3,(H-,34,35,38,40,41)/t20-,37?/m0/s1. The molecule has 8 nitrogen and oxygen atoms in total. The Morgan fingerprint density at radius 1 is 1.21 bits per heavy atom. The number of benzene rings is 2. The van der Waals surface area contributed by atoms with Crippen LogP contribution in [-0.4, -0.2) is 44.6 Å². The maximum Gasteiger partial charge on any atom is 0.416 e. The highest BCUT2D eigenvalue weighted by atomic mass is 35.5. The van der Waals surface area contributed by atoms with E-state index in [1.807, 2.05) is 0 Å². The molecule has 1 saturated heterocycles. The lowest BCUT2D eigenvalue weighted by atomic mass is 9.96. The fourth-order valence-electron chi connectivity index (χ4n) is 6.13. The molecule has 0 radical (unpaired) electrons. The van der Waals surface area contributed by atoms with Gasteiger partial charge in [0.15, 0.2) is 0 Å². The van der Waals surface area contributed by atoms with E-state index in [4.69, 9.17) is 11.6 Å². The molecule has 1 amide bonds. The normalized spacial score (nSPS) is 20.9. The fraction of sp³-hybridized carbons (Fsp3) is 0.379. The number of carboxylic acid groups (broad SMARTS) is 1. The first-order valence-electron chi connectivity index (χ1n) is 13.3. The van der Waals surface area contributed by atoms with E-state index in [2.05, 4.69) is 10.2 Å². The number of aromatic hydroxyl groups is 1. The summed E-state index contributed by atoms with van der Waals surface area (Å²) in [5, 5.41) is 32.8. The Labute approximate surface area is 247 Å². The van der Waals surface area contributed by atoms with E-state index in [0.717, 1.165) is 10.6 Å². The van der Waals surface area contributed by atoms with E-state index in [9.17, 15) is 33.0 Å². The minimum absolute atomic E-state index is 0.0772. The lowest BCUT2D eigenvalue weighted by Gasteiger charge is -2.49. The van der Waals surface area contributed by atoms with Gasteiger partial charge in [0.25, 0.3) is 6.09 Å². The number of nitrogens with zero attached hydrogens (tertiary/aromatic N) is 4. The molecule has 13 heteroatoms. The molecular weight excluding hydrogens is 593 g/mol. The van der Waals surface area contributed by atoms with Crippen LogP contribution in [0.2, 0.25) is 5.02 Å². The van der Waals surface area contributed by atoms with E-state index >= 15 is 0 Å². The van der Waals surface area contributed by atoms with Crippen LogP contribution in [0.4, 0.5) is 18.0 Å². The number of hydrogen-bond donors (Lipinski definition) is 1. The average Bonchev–Trinajstić information content (AvgIpc) is 3.61. The molecule has 3 heterocycles. The molecule has 0 aliphatic carbocycles. The van der Waals surface area contributed by atoms with Crippen LogP contribution < -0.4 is 20.6 Å². The number of aromatic nitrogens is 1. The molecule has 1 N–H and O–H groups in total. The van der Waals surface area contributed by atoms with Crippen LogP contribution in [0.25, 0.3) is 5.57 Å². The maximum absolute atomic E-state index is 14.0. The molecule has 3 aromatic rings. The van der Waals surface area contributed by atoms with Gasteiger partial charge in [-0.25, -0.2) is 0 Å². The number of alkyl halides is 3. The zero-order valence-corrected chi connectivity index (χ0v) is 24.6. The Balaban J connectivity index is 1.67. The summed E-state index contributed by atoms with van der Waals surface area (Å²) in [5.41, 5.74) is -0.843. The van der Waals surface area contributed by atoms with Gasteiger partial charge in [0.1, 0.15) is 6.04 Å². The fourth-order valence-corrected chi connectivity index (χ4v) is 7.27. The van der Waals surface area contributed by atoms with Crippen molar-refractivity contribution in [2.24, 2.45) is 10.2 Å². The van der Waals surface area contributed by atoms with Gasteiger partial charge in [-0.05, 0) is 61.4 Å². The number of rotatable bonds is 5. The third-order valence-corrected chi connectivity index (χ3v) is 9.48. The van der Waals surface area contributed by atoms with Crippen LogP contribution in [0.15, 0.2) is 51.4 Å². The molecule has 1 aromatic heterocycles. The van der Waals surface area contributed by atoms with Crippen LogP contribution in [0.5, 0.6) is 5.88 Å². The highest BCUT2D eigenvalue weighted by Gasteiger charge is 2.52. The Morgan fingerprint density at radius 3 is 2.62 bits per heavy atom. The summed E-state index contributed by atoms with van der Waals surface area (Å²) in [5.74, 6) is -0.432. The Morgan fingerprint density at radius 2 is 1.95 bits per heavy atom. The van der Waals surface area contributed by atoms with Gasteiger partial charge >= 0.3 is 11.0 Å². The number of carbonyl (C=O) groups excluding carboxylic acids is 1. The van der Waals surface area contributed by atoms with E-state index in [0.29, 0.717) is 46.9 Å². The monoisotopic (exact) mass is 620 g/mol. The topological polar surface area (TPSA) is 107 Å². The van der Waals surface area contributed by atoms with E-state index in [1.54, 1.807) is 39.0 Å². The third-order valence-electron chi connectivity index (χ3n) is 8.21. The number of fused-ring (bicyclic) bond motifs is 1. The van der Waals surface area contributed by atoms with Gasteiger partial charge in [-0.2, -0.15) is 23.4 Å². The summed E-state index contributed by atoms with van der Waals surface area (Å²) in [6, 6.07) is 7.92. The molecule has 2 atom stereocenters. The van der Waals surface area contributed by atoms with Gasteiger partial charge < -0.3 is 15.0 Å². The van der Waals surface area contributed by atoms with Crippen molar-refractivity contribution in [1.82, 2.24) is 4.57 Å². The second-order valence-electron chi connectivity index (χ2n) is 11.5. The second kappa shape index (κ2) is 10.7. The van der Waals surface area contributed by atoms with Gasteiger partial charge in [0, 0.05) is 29.8 Å². The van der Waals surface area contributed by atoms with Crippen molar-refractivity contribution in [2.45, 2.75) is 64.3 Å². The lowest BCUT2D eigenvalue weighted by molar-refractivity contribution is -0.930. The van der Waals surface area contributed by atoms with Crippen molar-refractivity contribution in [2.75, 3.05) is 6.54 Å². The minimum Gasteiger partial charge on any atom is -0.498 e. The summed E-state index contributed by atoms with van der Waals surface area (Å²) < 4.78 is 42.8. The largest absolute Gasteiger partial charge is 0.498 e. The van der Waals surface area contributed by atoms with Gasteiger partial charge in [0.2, 0.25) is 5.88 Å². The summed E-state index contributed by atoms with van der Waals surface area (Å²) >= 11 is 6.60.